The van der Waals surface area contributed by atoms with Crippen LogP contribution in [0.25, 0.3) is 32.8 Å². The number of hydrogen-bond acceptors (Lipinski definition) is 9. The fourth-order valence-electron chi connectivity index (χ4n) is 9.97. The number of alkyl halides is 1. The maximum absolute atomic E-state index is 17.4. The number of nitrogens with one attached hydrogen (secondary N) is 1. The molecule has 5 aliphatic heterocycles. The topological polar surface area (TPSA) is 92.2 Å². The van der Waals surface area contributed by atoms with E-state index in [9.17, 15) is 9.50 Å². The van der Waals surface area contributed by atoms with Gasteiger partial charge >= 0.3 is 6.01 Å². The molecule has 1 aromatic heterocycles. The Morgan fingerprint density at radius 3 is 2.78 bits per heavy atom. The molecule has 51 heavy (non-hydrogen) atoms. The highest BCUT2D eigenvalue weighted by Crippen LogP contribution is 2.49. The van der Waals surface area contributed by atoms with Crippen molar-refractivity contribution in [1.82, 2.24) is 20.2 Å². The fourth-order valence-corrected chi connectivity index (χ4v) is 9.97. The highest BCUT2D eigenvalue weighted by molar-refractivity contribution is 6.05. The van der Waals surface area contributed by atoms with Gasteiger partial charge in [-0.3, -0.25) is 4.90 Å². The van der Waals surface area contributed by atoms with Crippen LogP contribution in [-0.4, -0.2) is 97.4 Å². The van der Waals surface area contributed by atoms with Gasteiger partial charge in [0.15, 0.2) is 17.4 Å². The number of nitrogens with zero attached hydrogens (tertiary/aromatic N) is 4. The Labute approximate surface area is 295 Å². The minimum absolute atomic E-state index is 0.0325. The number of halogens is 3. The molecular formula is C39H44F3N5O4. The van der Waals surface area contributed by atoms with Gasteiger partial charge in [-0.05, 0) is 84.0 Å². The minimum atomic E-state index is -0.974. The molecule has 9 nitrogen and oxygen atoms in total. The smallest absolute Gasteiger partial charge is 0.319 e. The van der Waals surface area contributed by atoms with Crippen LogP contribution < -0.4 is 19.7 Å². The van der Waals surface area contributed by atoms with Crippen molar-refractivity contribution in [1.29, 1.82) is 0 Å². The van der Waals surface area contributed by atoms with Crippen LogP contribution >= 0.6 is 0 Å². The molecule has 5 aliphatic rings. The van der Waals surface area contributed by atoms with Crippen LogP contribution in [0.2, 0.25) is 0 Å². The van der Waals surface area contributed by atoms with Crippen molar-refractivity contribution >= 4 is 27.5 Å². The normalized spacial score (nSPS) is 28.7. The zero-order valence-electron chi connectivity index (χ0n) is 29.1. The van der Waals surface area contributed by atoms with Crippen molar-refractivity contribution in [2.45, 2.75) is 56.8 Å². The number of aromatic hydroxyl groups is 1. The Bertz CT molecular complexity index is 2020. The number of phenols is 1. The van der Waals surface area contributed by atoms with Crippen molar-refractivity contribution < 1.29 is 32.5 Å². The van der Waals surface area contributed by atoms with Crippen molar-refractivity contribution in [2.24, 2.45) is 17.8 Å². The highest BCUT2D eigenvalue weighted by atomic mass is 19.1. The molecular weight excluding hydrogens is 659 g/mol. The number of hydrogen-bond donors (Lipinski definition) is 2. The molecule has 3 aromatic carbocycles. The molecule has 12 heteroatoms. The number of rotatable bonds is 7. The molecule has 4 aromatic rings. The molecule has 0 radical (unpaired) electrons. The van der Waals surface area contributed by atoms with E-state index < -0.39 is 23.3 Å². The second-order valence-electron chi connectivity index (χ2n) is 15.4. The molecule has 6 atom stereocenters. The number of aromatic nitrogens is 2. The van der Waals surface area contributed by atoms with E-state index in [-0.39, 0.29) is 70.6 Å². The summed E-state index contributed by atoms with van der Waals surface area (Å²) in [6, 6.07) is 8.48. The van der Waals surface area contributed by atoms with Gasteiger partial charge in [-0.25, -0.2) is 13.2 Å². The van der Waals surface area contributed by atoms with E-state index in [0.717, 1.165) is 31.5 Å². The number of benzene rings is 3. The largest absolute Gasteiger partial charge is 0.508 e. The first kappa shape index (κ1) is 33.0. The number of methoxy groups -OCH3 is 1. The van der Waals surface area contributed by atoms with Crippen LogP contribution in [0.5, 0.6) is 17.5 Å². The van der Waals surface area contributed by atoms with Gasteiger partial charge in [-0.2, -0.15) is 9.97 Å². The summed E-state index contributed by atoms with van der Waals surface area (Å²) in [4.78, 5) is 14.0. The zero-order valence-corrected chi connectivity index (χ0v) is 29.1. The maximum Gasteiger partial charge on any atom is 0.319 e. The average molecular weight is 704 g/mol. The van der Waals surface area contributed by atoms with Gasteiger partial charge in [0.25, 0.3) is 0 Å². The Hall–Kier alpha value is -3.87. The second-order valence-corrected chi connectivity index (χ2v) is 15.4. The summed E-state index contributed by atoms with van der Waals surface area (Å²) >= 11 is 0. The van der Waals surface area contributed by atoms with Crippen LogP contribution in [0, 0.1) is 29.4 Å². The Morgan fingerprint density at radius 2 is 1.94 bits per heavy atom. The van der Waals surface area contributed by atoms with Crippen LogP contribution in [0.1, 0.15) is 38.2 Å². The summed E-state index contributed by atoms with van der Waals surface area (Å²) < 4.78 is 67.8. The van der Waals surface area contributed by atoms with E-state index in [1.54, 1.807) is 13.2 Å². The Morgan fingerprint density at radius 1 is 1.06 bits per heavy atom. The third-order valence-corrected chi connectivity index (χ3v) is 12.2. The molecule has 0 aliphatic carbocycles. The summed E-state index contributed by atoms with van der Waals surface area (Å²) in [5.41, 5.74) is 0.147. The number of fused-ring (bicyclic) bond motifs is 8. The summed E-state index contributed by atoms with van der Waals surface area (Å²) in [7, 11) is 1.67. The molecule has 6 heterocycles. The molecule has 0 spiro atoms. The van der Waals surface area contributed by atoms with Gasteiger partial charge in [0.2, 0.25) is 0 Å². The van der Waals surface area contributed by atoms with Gasteiger partial charge < -0.3 is 29.5 Å². The number of phenolic OH excluding ortho intramolecular Hbond substituents is 1. The SMILES string of the molecule is CCc1cccc2cc(O)cc(-c3c(F)c4c5c(nc(OC[C@]67C[C@@H](F)CN6C[C@@H](COC)C7)nc5c3F)N3CC5CCC(CNC5)C3CO4)c12. The third-order valence-electron chi connectivity index (χ3n) is 12.2. The number of aryl methyl sites for hydroxylation is 1. The molecule has 3 unspecified atom stereocenters. The van der Waals surface area contributed by atoms with Crippen molar-refractivity contribution in [2.75, 3.05) is 64.6 Å². The van der Waals surface area contributed by atoms with Crippen molar-refractivity contribution in [3.63, 3.8) is 0 Å². The summed E-state index contributed by atoms with van der Waals surface area (Å²) in [5.74, 6) is -0.749. The predicted molar refractivity (Wildman–Crippen MR) is 188 cm³/mol. The van der Waals surface area contributed by atoms with Crippen LogP contribution in [0.4, 0.5) is 19.0 Å². The first-order chi connectivity index (χ1) is 24.8. The summed E-state index contributed by atoms with van der Waals surface area (Å²) in [5, 5.41) is 15.9. The lowest BCUT2D eigenvalue weighted by Crippen LogP contribution is -2.50. The summed E-state index contributed by atoms with van der Waals surface area (Å²) in [6.45, 7) is 6.21. The van der Waals surface area contributed by atoms with E-state index in [1.807, 2.05) is 25.1 Å². The maximum atomic E-state index is 17.4. The zero-order chi connectivity index (χ0) is 35.0. The number of anilines is 1. The van der Waals surface area contributed by atoms with Crippen LogP contribution in [-0.2, 0) is 11.2 Å². The first-order valence-electron chi connectivity index (χ1n) is 18.4. The predicted octanol–water partition coefficient (Wildman–Crippen LogP) is 6.02. The standard InChI is InChI=1S/C39H44F3N5O4/c1-3-23-5-4-6-24-9-27(48)10-28(30(23)24)31-33(41)35-32-36(34(31)42)50-19-29-25-8-7-21(13-43-14-25)16-47(29)37(32)45-38(44-35)51-20-39-11-22(18-49-2)15-46(39)17-26(40)12-39/h4-6,9-10,21-22,25-26,29,43,48H,3,7-8,11-20H2,1-2H3/t21?,22-,25?,26+,29?,39-/m0/s1. The Kier molecular flexibility index (Phi) is 8.19. The molecule has 2 N–H and O–H groups in total. The fraction of sp³-hybridized carbons (Fsp3) is 0.538. The van der Waals surface area contributed by atoms with Gasteiger partial charge in [0, 0.05) is 39.7 Å². The van der Waals surface area contributed by atoms with E-state index in [1.165, 1.54) is 6.07 Å². The van der Waals surface area contributed by atoms with Gasteiger partial charge in [0.05, 0.1) is 29.1 Å². The van der Waals surface area contributed by atoms with Crippen molar-refractivity contribution in [3.8, 4) is 28.6 Å². The Balaban J connectivity index is 1.23. The lowest BCUT2D eigenvalue weighted by molar-refractivity contribution is 0.107. The van der Waals surface area contributed by atoms with Gasteiger partial charge in [-0.15, -0.1) is 0 Å². The molecule has 270 valence electrons. The van der Waals surface area contributed by atoms with Crippen LogP contribution in [0.15, 0.2) is 30.3 Å². The number of ether oxygens (including phenoxy) is 3. The minimum Gasteiger partial charge on any atom is -0.508 e. The molecule has 9 rings (SSSR count). The van der Waals surface area contributed by atoms with E-state index in [2.05, 4.69) is 20.1 Å². The molecule has 4 saturated heterocycles. The van der Waals surface area contributed by atoms with Crippen molar-refractivity contribution in [3.05, 3.63) is 47.5 Å². The summed E-state index contributed by atoms with van der Waals surface area (Å²) in [6.07, 6.45) is 2.70. The highest BCUT2D eigenvalue weighted by Gasteiger charge is 2.53. The quantitative estimate of drug-likeness (QED) is 0.240. The average Bonchev–Trinajstić information content (AvgIpc) is 3.31. The van der Waals surface area contributed by atoms with E-state index in [0.29, 0.717) is 68.0 Å². The van der Waals surface area contributed by atoms with Gasteiger partial charge in [-0.1, -0.05) is 25.1 Å². The molecule has 0 amide bonds. The van der Waals surface area contributed by atoms with E-state index in [4.69, 9.17) is 19.2 Å². The monoisotopic (exact) mass is 703 g/mol. The van der Waals surface area contributed by atoms with Gasteiger partial charge in [0.1, 0.15) is 36.5 Å². The third kappa shape index (κ3) is 5.39. The molecule has 4 fully saturated rings. The van der Waals surface area contributed by atoms with E-state index >= 15 is 8.78 Å². The van der Waals surface area contributed by atoms with Crippen LogP contribution in [0.3, 0.4) is 0 Å². The molecule has 2 bridgehead atoms. The molecule has 0 saturated carbocycles. The lowest BCUT2D eigenvalue weighted by atomic mass is 9.90. The first-order valence-corrected chi connectivity index (χ1v) is 18.4. The second kappa shape index (κ2) is 12.7. The lowest BCUT2D eigenvalue weighted by Gasteiger charge is -2.37.